The van der Waals surface area contributed by atoms with Gasteiger partial charge in [0, 0.05) is 6.21 Å². The number of benzene rings is 2. The Hall–Kier alpha value is -3.39. The van der Waals surface area contributed by atoms with Gasteiger partial charge < -0.3 is 10.4 Å². The molecule has 1 aliphatic heterocycles. The van der Waals surface area contributed by atoms with Crippen molar-refractivity contribution >= 4 is 47.0 Å². The quantitative estimate of drug-likeness (QED) is 0.460. The van der Waals surface area contributed by atoms with Gasteiger partial charge in [0.15, 0.2) is 11.0 Å². The highest BCUT2D eigenvalue weighted by molar-refractivity contribution is 7.80. The average molecular weight is 395 g/mol. The van der Waals surface area contributed by atoms with E-state index < -0.39 is 23.7 Å². The molecule has 0 radical (unpaired) electrons. The first kappa shape index (κ1) is 19.4. The van der Waals surface area contributed by atoms with E-state index in [1.165, 1.54) is 23.2 Å². The SMILES string of the molecule is Cc1ccc(N2C(=O)C(C=NCc3ccc(C(=O)O)cc3)C(=O)NC2=S)cc1. The zero-order valence-electron chi connectivity index (χ0n) is 15.0. The Morgan fingerprint density at radius 1 is 1.18 bits per heavy atom. The maximum atomic E-state index is 12.8. The van der Waals surface area contributed by atoms with Gasteiger partial charge in [0.1, 0.15) is 0 Å². The van der Waals surface area contributed by atoms with Gasteiger partial charge in [0.25, 0.3) is 5.91 Å². The fraction of sp³-hybridized carbons (Fsp3) is 0.150. The van der Waals surface area contributed by atoms with Crippen LogP contribution in [0.2, 0.25) is 0 Å². The first-order valence-corrected chi connectivity index (χ1v) is 8.85. The van der Waals surface area contributed by atoms with Crippen LogP contribution < -0.4 is 10.2 Å². The van der Waals surface area contributed by atoms with E-state index in [2.05, 4.69) is 10.3 Å². The van der Waals surface area contributed by atoms with E-state index in [-0.39, 0.29) is 17.2 Å². The molecule has 2 aromatic rings. The minimum absolute atomic E-state index is 0.0350. The highest BCUT2D eigenvalue weighted by atomic mass is 32.1. The average Bonchev–Trinajstić information content (AvgIpc) is 2.66. The van der Waals surface area contributed by atoms with Gasteiger partial charge in [-0.05, 0) is 49.0 Å². The molecule has 1 atom stereocenters. The number of rotatable bonds is 5. The summed E-state index contributed by atoms with van der Waals surface area (Å²) in [6, 6.07) is 13.4. The number of carbonyl (C=O) groups excluding carboxylic acids is 2. The number of nitrogens with zero attached hydrogens (tertiary/aromatic N) is 2. The molecule has 1 unspecified atom stereocenters. The number of thiocarbonyl (C=S) groups is 1. The summed E-state index contributed by atoms with van der Waals surface area (Å²) in [6.07, 6.45) is 1.30. The molecule has 8 heteroatoms. The number of carbonyl (C=O) groups is 3. The predicted molar refractivity (Wildman–Crippen MR) is 108 cm³/mol. The molecule has 142 valence electrons. The van der Waals surface area contributed by atoms with Crippen LogP contribution in [0.5, 0.6) is 0 Å². The summed E-state index contributed by atoms with van der Waals surface area (Å²) in [7, 11) is 0. The molecule has 2 amide bonds. The van der Waals surface area contributed by atoms with Crippen molar-refractivity contribution in [3.05, 3.63) is 65.2 Å². The van der Waals surface area contributed by atoms with Gasteiger partial charge in [0.05, 0.1) is 17.8 Å². The fourth-order valence-electron chi connectivity index (χ4n) is 2.68. The second-order valence-electron chi connectivity index (χ2n) is 6.27. The maximum Gasteiger partial charge on any atom is 0.335 e. The zero-order chi connectivity index (χ0) is 20.3. The Morgan fingerprint density at radius 3 is 2.43 bits per heavy atom. The summed E-state index contributed by atoms with van der Waals surface area (Å²) in [5.74, 6) is -3.09. The number of hydrogen-bond acceptors (Lipinski definition) is 5. The van der Waals surface area contributed by atoms with E-state index in [1.54, 1.807) is 24.3 Å². The Bertz CT molecular complexity index is 968. The van der Waals surface area contributed by atoms with Gasteiger partial charge in [-0.15, -0.1) is 0 Å². The van der Waals surface area contributed by atoms with Crippen LogP contribution in [0.1, 0.15) is 21.5 Å². The summed E-state index contributed by atoms with van der Waals surface area (Å²) in [4.78, 5) is 41.4. The second kappa shape index (κ2) is 8.10. The number of nitrogens with one attached hydrogen (secondary N) is 1. The van der Waals surface area contributed by atoms with Gasteiger partial charge in [0.2, 0.25) is 5.91 Å². The summed E-state index contributed by atoms with van der Waals surface area (Å²) in [5.41, 5.74) is 2.55. The van der Waals surface area contributed by atoms with Crippen LogP contribution in [0.3, 0.4) is 0 Å². The van der Waals surface area contributed by atoms with Crippen molar-refractivity contribution in [2.45, 2.75) is 13.5 Å². The number of aliphatic imine (C=N–C) groups is 1. The number of hydrogen-bond donors (Lipinski definition) is 2. The maximum absolute atomic E-state index is 12.8. The molecule has 0 bridgehead atoms. The molecule has 0 spiro atoms. The third kappa shape index (κ3) is 4.12. The summed E-state index contributed by atoms with van der Waals surface area (Å²) >= 11 is 5.15. The molecular weight excluding hydrogens is 378 g/mol. The highest BCUT2D eigenvalue weighted by Crippen LogP contribution is 2.21. The Kier molecular flexibility index (Phi) is 5.60. The van der Waals surface area contributed by atoms with Crippen molar-refractivity contribution in [2.75, 3.05) is 4.90 Å². The molecule has 0 aliphatic carbocycles. The third-order valence-corrected chi connectivity index (χ3v) is 4.51. The van der Waals surface area contributed by atoms with Crippen LogP contribution in [0.25, 0.3) is 0 Å². The van der Waals surface area contributed by atoms with E-state index in [0.29, 0.717) is 5.69 Å². The van der Waals surface area contributed by atoms with Crippen LogP contribution in [-0.4, -0.2) is 34.2 Å². The predicted octanol–water partition coefficient (Wildman–Crippen LogP) is 2.33. The fourth-order valence-corrected chi connectivity index (χ4v) is 2.97. The van der Waals surface area contributed by atoms with E-state index in [1.807, 2.05) is 19.1 Å². The first-order chi connectivity index (χ1) is 13.4. The van der Waals surface area contributed by atoms with Crippen LogP contribution in [0.4, 0.5) is 5.69 Å². The molecule has 7 nitrogen and oxygen atoms in total. The molecule has 1 saturated heterocycles. The Balaban J connectivity index is 1.74. The number of aromatic carboxylic acids is 1. The number of anilines is 1. The third-order valence-electron chi connectivity index (χ3n) is 4.22. The van der Waals surface area contributed by atoms with Crippen LogP contribution in [0.15, 0.2) is 53.5 Å². The summed E-state index contributed by atoms with van der Waals surface area (Å²) in [6.45, 7) is 2.15. The molecular formula is C20H17N3O4S. The Labute approximate surface area is 166 Å². The summed E-state index contributed by atoms with van der Waals surface area (Å²) < 4.78 is 0. The van der Waals surface area contributed by atoms with Crippen molar-refractivity contribution in [1.29, 1.82) is 0 Å². The van der Waals surface area contributed by atoms with Crippen molar-refractivity contribution < 1.29 is 19.5 Å². The van der Waals surface area contributed by atoms with Crippen molar-refractivity contribution in [1.82, 2.24) is 5.32 Å². The van der Waals surface area contributed by atoms with Gasteiger partial charge in [-0.25, -0.2) is 4.79 Å². The number of aryl methyl sites for hydroxylation is 1. The second-order valence-corrected chi connectivity index (χ2v) is 6.66. The number of amides is 2. The van der Waals surface area contributed by atoms with Crippen LogP contribution in [-0.2, 0) is 16.1 Å². The number of carboxylic acids is 1. The standard InChI is InChI=1S/C20H17N3O4S/c1-12-2-8-15(9-3-12)23-18(25)16(17(24)22-20(23)28)11-21-10-13-4-6-14(7-5-13)19(26)27/h2-9,11,16H,10H2,1H3,(H,26,27)(H,22,24,28). The highest BCUT2D eigenvalue weighted by Gasteiger charge is 2.38. The summed E-state index contributed by atoms with van der Waals surface area (Å²) in [5, 5.41) is 11.5. The molecule has 3 rings (SSSR count). The van der Waals surface area contributed by atoms with E-state index in [4.69, 9.17) is 17.3 Å². The van der Waals surface area contributed by atoms with Gasteiger partial charge in [-0.1, -0.05) is 29.8 Å². The van der Waals surface area contributed by atoms with Gasteiger partial charge in [-0.3, -0.25) is 19.5 Å². The zero-order valence-corrected chi connectivity index (χ0v) is 15.8. The molecule has 0 aromatic heterocycles. The molecule has 28 heavy (non-hydrogen) atoms. The van der Waals surface area contributed by atoms with Crippen molar-refractivity contribution in [3.63, 3.8) is 0 Å². The van der Waals surface area contributed by atoms with Crippen molar-refractivity contribution in [3.8, 4) is 0 Å². The molecule has 1 aliphatic rings. The molecule has 0 saturated carbocycles. The van der Waals surface area contributed by atoms with Gasteiger partial charge in [-0.2, -0.15) is 0 Å². The van der Waals surface area contributed by atoms with E-state index in [9.17, 15) is 14.4 Å². The van der Waals surface area contributed by atoms with Crippen LogP contribution >= 0.6 is 12.2 Å². The van der Waals surface area contributed by atoms with Crippen LogP contribution in [0, 0.1) is 12.8 Å². The topological polar surface area (TPSA) is 99.1 Å². The normalized spacial score (nSPS) is 17.1. The Morgan fingerprint density at radius 2 is 1.82 bits per heavy atom. The monoisotopic (exact) mass is 395 g/mol. The van der Waals surface area contributed by atoms with E-state index >= 15 is 0 Å². The van der Waals surface area contributed by atoms with E-state index in [0.717, 1.165) is 11.1 Å². The minimum Gasteiger partial charge on any atom is -0.478 e. The lowest BCUT2D eigenvalue weighted by Crippen LogP contribution is -2.58. The first-order valence-electron chi connectivity index (χ1n) is 8.44. The minimum atomic E-state index is -1.09. The largest absolute Gasteiger partial charge is 0.478 e. The number of carboxylic acid groups (broad SMARTS) is 1. The van der Waals surface area contributed by atoms with Crippen molar-refractivity contribution in [2.24, 2.45) is 10.9 Å². The lowest BCUT2D eigenvalue weighted by atomic mass is 10.1. The lowest BCUT2D eigenvalue weighted by molar-refractivity contribution is -0.130. The molecule has 1 fully saturated rings. The molecule has 1 heterocycles. The molecule has 2 aromatic carbocycles. The lowest BCUT2D eigenvalue weighted by Gasteiger charge is -2.31. The molecule has 2 N–H and O–H groups in total. The van der Waals surface area contributed by atoms with Gasteiger partial charge >= 0.3 is 5.97 Å². The smallest absolute Gasteiger partial charge is 0.335 e.